The zero-order chi connectivity index (χ0) is 15.5. The van der Waals surface area contributed by atoms with Gasteiger partial charge in [0.25, 0.3) is 0 Å². The molecule has 0 aliphatic rings. The third kappa shape index (κ3) is 3.84. The Morgan fingerprint density at radius 3 is 2.48 bits per heavy atom. The van der Waals surface area contributed by atoms with Gasteiger partial charge >= 0.3 is 6.18 Å². The van der Waals surface area contributed by atoms with Crippen LogP contribution in [0.25, 0.3) is 0 Å². The van der Waals surface area contributed by atoms with E-state index in [0.717, 1.165) is 17.2 Å². The minimum absolute atomic E-state index is 0.0721. The normalized spacial score (nSPS) is 11.3. The highest BCUT2D eigenvalue weighted by Crippen LogP contribution is 2.29. The van der Waals surface area contributed by atoms with Crippen LogP contribution in [0.3, 0.4) is 0 Å². The van der Waals surface area contributed by atoms with Crippen molar-refractivity contribution in [3.63, 3.8) is 0 Å². The second kappa shape index (κ2) is 5.99. The van der Waals surface area contributed by atoms with Gasteiger partial charge in [-0.2, -0.15) is 18.2 Å². The van der Waals surface area contributed by atoms with Gasteiger partial charge in [-0.3, -0.25) is 0 Å². The van der Waals surface area contributed by atoms with E-state index >= 15 is 0 Å². The summed E-state index contributed by atoms with van der Waals surface area (Å²) in [6, 6.07) is 8.54. The van der Waals surface area contributed by atoms with Gasteiger partial charge in [-0.15, -0.1) is 0 Å². The number of aromatic nitrogens is 2. The summed E-state index contributed by atoms with van der Waals surface area (Å²) in [7, 11) is 1.47. The first kappa shape index (κ1) is 15.1. The third-order valence-electron chi connectivity index (χ3n) is 2.96. The van der Waals surface area contributed by atoms with Crippen molar-refractivity contribution in [1.29, 1.82) is 0 Å². The van der Waals surface area contributed by atoms with E-state index in [9.17, 15) is 13.2 Å². The van der Waals surface area contributed by atoms with E-state index in [1.54, 1.807) is 0 Å². The number of nitrogens with zero attached hydrogens (tertiary/aromatic N) is 2. The molecule has 0 atom stereocenters. The first-order valence-corrected chi connectivity index (χ1v) is 6.32. The Labute approximate surface area is 120 Å². The Balaban J connectivity index is 2.22. The second-order valence-electron chi connectivity index (χ2n) is 4.49. The predicted octanol–water partition coefficient (Wildman–Crippen LogP) is 3.46. The van der Waals surface area contributed by atoms with E-state index in [1.165, 1.54) is 7.05 Å². The van der Waals surface area contributed by atoms with Crippen molar-refractivity contribution >= 4 is 11.8 Å². The third-order valence-corrected chi connectivity index (χ3v) is 2.96. The number of alkyl halides is 3. The molecule has 1 aromatic carbocycles. The molecule has 2 N–H and O–H groups in total. The van der Waals surface area contributed by atoms with Gasteiger partial charge < -0.3 is 10.6 Å². The number of halogens is 3. The fraction of sp³-hybridized carbons (Fsp3) is 0.286. The number of hydrogen-bond donors (Lipinski definition) is 2. The molecule has 0 spiro atoms. The minimum atomic E-state index is -4.51. The van der Waals surface area contributed by atoms with Crippen molar-refractivity contribution in [2.45, 2.75) is 19.6 Å². The van der Waals surface area contributed by atoms with E-state index < -0.39 is 11.9 Å². The molecule has 2 aromatic rings. The Morgan fingerprint density at radius 1 is 1.14 bits per heavy atom. The SMILES string of the molecule is CNc1nc(NCc2ccccc2C)cc(C(F)(F)F)n1. The molecule has 1 aromatic heterocycles. The topological polar surface area (TPSA) is 49.8 Å². The van der Waals surface area contributed by atoms with Crippen LogP contribution in [0.1, 0.15) is 16.8 Å². The Kier molecular flexibility index (Phi) is 4.30. The Hall–Kier alpha value is -2.31. The predicted molar refractivity (Wildman–Crippen MR) is 75.1 cm³/mol. The van der Waals surface area contributed by atoms with E-state index in [0.29, 0.717) is 6.54 Å². The fourth-order valence-electron chi connectivity index (χ4n) is 1.79. The van der Waals surface area contributed by atoms with Gasteiger partial charge in [0.2, 0.25) is 5.95 Å². The molecule has 7 heteroatoms. The number of nitrogens with one attached hydrogen (secondary N) is 2. The lowest BCUT2D eigenvalue weighted by Gasteiger charge is -2.12. The van der Waals surface area contributed by atoms with Crippen LogP contribution in [0.5, 0.6) is 0 Å². The molecule has 2 rings (SSSR count). The van der Waals surface area contributed by atoms with Gasteiger partial charge in [0.1, 0.15) is 5.82 Å². The minimum Gasteiger partial charge on any atom is -0.366 e. The highest BCUT2D eigenvalue weighted by Gasteiger charge is 2.33. The van der Waals surface area contributed by atoms with Crippen LogP contribution in [0.4, 0.5) is 24.9 Å². The summed E-state index contributed by atoms with van der Waals surface area (Å²) in [5, 5.41) is 5.43. The van der Waals surface area contributed by atoms with Crippen molar-refractivity contribution in [3.05, 3.63) is 47.2 Å². The molecule has 0 amide bonds. The molecule has 4 nitrogen and oxygen atoms in total. The molecule has 112 valence electrons. The number of benzene rings is 1. The van der Waals surface area contributed by atoms with Crippen LogP contribution in [0, 0.1) is 6.92 Å². The van der Waals surface area contributed by atoms with Crippen LogP contribution in [-0.2, 0) is 12.7 Å². The van der Waals surface area contributed by atoms with E-state index in [2.05, 4.69) is 20.6 Å². The zero-order valence-corrected chi connectivity index (χ0v) is 11.6. The first-order chi connectivity index (χ1) is 9.90. The molecule has 0 saturated carbocycles. The summed E-state index contributed by atoms with van der Waals surface area (Å²) >= 11 is 0. The summed E-state index contributed by atoms with van der Waals surface area (Å²) in [5.74, 6) is 0.0574. The molecule has 1 heterocycles. The van der Waals surface area contributed by atoms with Crippen molar-refractivity contribution in [3.8, 4) is 0 Å². The number of rotatable bonds is 4. The molecular formula is C14H15F3N4. The van der Waals surface area contributed by atoms with Gasteiger partial charge in [0, 0.05) is 19.7 Å². The van der Waals surface area contributed by atoms with Crippen molar-refractivity contribution in [2.24, 2.45) is 0 Å². The van der Waals surface area contributed by atoms with Crippen LogP contribution in [0.15, 0.2) is 30.3 Å². The Morgan fingerprint density at radius 2 is 1.86 bits per heavy atom. The lowest BCUT2D eigenvalue weighted by molar-refractivity contribution is -0.141. The zero-order valence-electron chi connectivity index (χ0n) is 11.6. The number of aryl methyl sites for hydroxylation is 1. The summed E-state index contributed by atoms with van der Waals surface area (Å²) in [4.78, 5) is 7.39. The molecule has 0 bridgehead atoms. The largest absolute Gasteiger partial charge is 0.433 e. The average Bonchev–Trinajstić information content (AvgIpc) is 2.45. The highest BCUT2D eigenvalue weighted by molar-refractivity contribution is 5.44. The molecule has 0 radical (unpaired) electrons. The molecule has 0 saturated heterocycles. The van der Waals surface area contributed by atoms with Crippen molar-refractivity contribution in [2.75, 3.05) is 17.7 Å². The maximum Gasteiger partial charge on any atom is 0.433 e. The van der Waals surface area contributed by atoms with Gasteiger partial charge in [-0.1, -0.05) is 24.3 Å². The molecule has 0 aliphatic carbocycles. The van der Waals surface area contributed by atoms with Crippen LogP contribution >= 0.6 is 0 Å². The molecule has 0 unspecified atom stereocenters. The number of hydrogen-bond acceptors (Lipinski definition) is 4. The molecule has 0 aliphatic heterocycles. The van der Waals surface area contributed by atoms with Crippen molar-refractivity contribution in [1.82, 2.24) is 9.97 Å². The van der Waals surface area contributed by atoms with Crippen LogP contribution in [-0.4, -0.2) is 17.0 Å². The van der Waals surface area contributed by atoms with Gasteiger partial charge in [-0.25, -0.2) is 4.98 Å². The molecular weight excluding hydrogens is 281 g/mol. The number of anilines is 2. The molecule has 21 heavy (non-hydrogen) atoms. The summed E-state index contributed by atoms with van der Waals surface area (Å²) in [6.07, 6.45) is -4.51. The van der Waals surface area contributed by atoms with Gasteiger partial charge in [0.05, 0.1) is 0 Å². The lowest BCUT2D eigenvalue weighted by atomic mass is 10.1. The molecule has 0 fully saturated rings. The maximum absolute atomic E-state index is 12.8. The standard InChI is InChI=1S/C14H15F3N4/c1-9-5-3-4-6-10(9)8-19-12-7-11(14(15,16)17)20-13(18-2)21-12/h3-7H,8H2,1-2H3,(H2,18,19,20,21). The van der Waals surface area contributed by atoms with Crippen LogP contribution in [0.2, 0.25) is 0 Å². The average molecular weight is 296 g/mol. The van der Waals surface area contributed by atoms with Crippen LogP contribution < -0.4 is 10.6 Å². The monoisotopic (exact) mass is 296 g/mol. The maximum atomic E-state index is 12.8. The van der Waals surface area contributed by atoms with E-state index in [4.69, 9.17) is 0 Å². The van der Waals surface area contributed by atoms with Gasteiger partial charge in [-0.05, 0) is 18.1 Å². The summed E-state index contributed by atoms with van der Waals surface area (Å²) in [6.45, 7) is 2.33. The summed E-state index contributed by atoms with van der Waals surface area (Å²) in [5.41, 5.74) is 1.08. The van der Waals surface area contributed by atoms with Crippen molar-refractivity contribution < 1.29 is 13.2 Å². The lowest BCUT2D eigenvalue weighted by Crippen LogP contribution is -2.13. The van der Waals surface area contributed by atoms with E-state index in [1.807, 2.05) is 31.2 Å². The highest BCUT2D eigenvalue weighted by atomic mass is 19.4. The van der Waals surface area contributed by atoms with Gasteiger partial charge in [0.15, 0.2) is 5.69 Å². The smallest absolute Gasteiger partial charge is 0.366 e. The van der Waals surface area contributed by atoms with E-state index in [-0.39, 0.29) is 11.8 Å². The first-order valence-electron chi connectivity index (χ1n) is 6.32. The quantitative estimate of drug-likeness (QED) is 0.907. The summed E-state index contributed by atoms with van der Waals surface area (Å²) < 4.78 is 38.3. The second-order valence-corrected chi connectivity index (χ2v) is 4.49. The fourth-order valence-corrected chi connectivity index (χ4v) is 1.79. The Bertz CT molecular complexity index is 626.